The number of amides is 2. The average molecular weight is 387 g/mol. The van der Waals surface area contributed by atoms with Gasteiger partial charge in [0.2, 0.25) is 11.8 Å². The van der Waals surface area contributed by atoms with Gasteiger partial charge in [-0.25, -0.2) is 4.98 Å². The maximum absolute atomic E-state index is 12.5. The summed E-state index contributed by atoms with van der Waals surface area (Å²) < 4.78 is 1.96. The monoisotopic (exact) mass is 386 g/mol. The lowest BCUT2D eigenvalue weighted by molar-refractivity contribution is -0.138. The topological polar surface area (TPSA) is 67.2 Å². The minimum absolute atomic E-state index is 0.0488. The number of rotatable bonds is 8. The van der Waals surface area contributed by atoms with Gasteiger partial charge in [0.1, 0.15) is 0 Å². The lowest BCUT2D eigenvalue weighted by Gasteiger charge is -2.32. The maximum atomic E-state index is 12.5. The third kappa shape index (κ3) is 5.60. The largest absolute Gasteiger partial charge is 0.355 e. The zero-order valence-corrected chi connectivity index (χ0v) is 16.5. The molecule has 1 fully saturated rings. The van der Waals surface area contributed by atoms with Crippen molar-refractivity contribution in [1.82, 2.24) is 19.8 Å². The second-order valence-corrected chi connectivity index (χ2v) is 7.83. The molecule has 1 aliphatic rings. The second kappa shape index (κ2) is 9.60. The summed E-state index contributed by atoms with van der Waals surface area (Å²) in [6.45, 7) is 1.79. The zero-order valence-electron chi connectivity index (χ0n) is 15.6. The van der Waals surface area contributed by atoms with Gasteiger partial charge in [-0.15, -0.1) is 0 Å². The molecule has 3 rings (SSSR count). The Hall–Kier alpha value is -2.28. The second-order valence-electron chi connectivity index (χ2n) is 6.77. The molecule has 2 aromatic rings. The molecule has 1 aliphatic heterocycles. The number of nitrogens with one attached hydrogen (secondary N) is 1. The Morgan fingerprint density at radius 2 is 2.15 bits per heavy atom. The van der Waals surface area contributed by atoms with Crippen LogP contribution in [0.15, 0.2) is 47.9 Å². The first kappa shape index (κ1) is 19.5. The number of aryl methyl sites for hydroxylation is 1. The van der Waals surface area contributed by atoms with E-state index in [4.69, 9.17) is 0 Å². The Kier molecular flexibility index (Phi) is 6.92. The molecule has 1 aromatic heterocycles. The van der Waals surface area contributed by atoms with E-state index in [9.17, 15) is 9.59 Å². The quantitative estimate of drug-likeness (QED) is 0.557. The highest BCUT2D eigenvalue weighted by Gasteiger charge is 2.29. The Morgan fingerprint density at radius 1 is 1.33 bits per heavy atom. The van der Waals surface area contributed by atoms with Crippen LogP contribution >= 0.6 is 11.8 Å². The predicted molar refractivity (Wildman–Crippen MR) is 106 cm³/mol. The van der Waals surface area contributed by atoms with Crippen molar-refractivity contribution in [3.8, 4) is 0 Å². The molecule has 7 heteroatoms. The van der Waals surface area contributed by atoms with E-state index in [0.717, 1.165) is 17.3 Å². The van der Waals surface area contributed by atoms with E-state index in [2.05, 4.69) is 22.4 Å². The number of imidazole rings is 1. The Bertz CT molecular complexity index is 762. The van der Waals surface area contributed by atoms with Crippen molar-refractivity contribution >= 4 is 23.6 Å². The van der Waals surface area contributed by atoms with E-state index >= 15 is 0 Å². The van der Waals surface area contributed by atoms with Crippen molar-refractivity contribution in [2.45, 2.75) is 24.4 Å². The van der Waals surface area contributed by atoms with Crippen LogP contribution in [0.25, 0.3) is 0 Å². The van der Waals surface area contributed by atoms with Crippen LogP contribution < -0.4 is 5.32 Å². The van der Waals surface area contributed by atoms with E-state index in [1.807, 2.05) is 40.9 Å². The third-order valence-electron chi connectivity index (χ3n) is 4.79. The Balaban J connectivity index is 1.41. The number of benzene rings is 1. The molecule has 0 bridgehead atoms. The van der Waals surface area contributed by atoms with Crippen molar-refractivity contribution in [2.75, 3.05) is 25.4 Å². The van der Waals surface area contributed by atoms with Gasteiger partial charge >= 0.3 is 0 Å². The summed E-state index contributed by atoms with van der Waals surface area (Å²) in [6, 6.07) is 10.1. The lowest BCUT2D eigenvalue weighted by atomic mass is 9.96. The normalized spacial score (nSPS) is 17.1. The number of hydrogen-bond acceptors (Lipinski definition) is 4. The van der Waals surface area contributed by atoms with Crippen LogP contribution in [0, 0.1) is 5.92 Å². The first-order valence-corrected chi connectivity index (χ1v) is 10.3. The van der Waals surface area contributed by atoms with Crippen molar-refractivity contribution < 1.29 is 9.59 Å². The summed E-state index contributed by atoms with van der Waals surface area (Å²) in [4.78, 5) is 30.8. The molecule has 0 aliphatic carbocycles. The van der Waals surface area contributed by atoms with E-state index in [1.54, 1.807) is 18.0 Å². The highest BCUT2D eigenvalue weighted by atomic mass is 32.2. The van der Waals surface area contributed by atoms with Crippen molar-refractivity contribution in [2.24, 2.45) is 13.0 Å². The fourth-order valence-electron chi connectivity index (χ4n) is 3.21. The summed E-state index contributed by atoms with van der Waals surface area (Å²) in [6.07, 6.45) is 5.59. The van der Waals surface area contributed by atoms with Crippen molar-refractivity contribution in [3.05, 3.63) is 48.3 Å². The summed E-state index contributed by atoms with van der Waals surface area (Å²) in [5.41, 5.74) is 1.21. The predicted octanol–water partition coefficient (Wildman–Crippen LogP) is 2.11. The van der Waals surface area contributed by atoms with Crippen molar-refractivity contribution in [1.29, 1.82) is 0 Å². The number of hydrogen-bond donors (Lipinski definition) is 1. The summed E-state index contributed by atoms with van der Waals surface area (Å²) in [5.74, 6) is 0.865. The first-order valence-electron chi connectivity index (χ1n) is 9.33. The van der Waals surface area contributed by atoms with Gasteiger partial charge in [0.15, 0.2) is 5.16 Å². The molecule has 1 atom stereocenters. The van der Waals surface area contributed by atoms with E-state index < -0.39 is 0 Å². The number of aromatic nitrogens is 2. The van der Waals surface area contributed by atoms with Crippen LogP contribution in [-0.2, 0) is 23.1 Å². The van der Waals surface area contributed by atoms with Gasteiger partial charge in [-0.3, -0.25) is 9.59 Å². The highest BCUT2D eigenvalue weighted by molar-refractivity contribution is 7.99. The summed E-state index contributed by atoms with van der Waals surface area (Å²) in [5, 5.41) is 3.95. The summed E-state index contributed by atoms with van der Waals surface area (Å²) in [7, 11) is 1.96. The minimum atomic E-state index is -0.114. The smallest absolute Gasteiger partial charge is 0.224 e. The standard InChI is InChI=1S/C20H26N4O2S/c1-23-13-10-22-20(23)27-14-11-21-19(26)17-7-8-18(25)24(15-17)12-9-16-5-3-2-4-6-16/h2-6,10,13,17H,7-9,11-12,14-15H2,1H3,(H,21,26)/t17-/m0/s1. The Labute approximate surface area is 164 Å². The lowest BCUT2D eigenvalue weighted by Crippen LogP contribution is -2.46. The number of likely N-dealkylation sites (tertiary alicyclic amines) is 1. The number of nitrogens with zero attached hydrogens (tertiary/aromatic N) is 3. The minimum Gasteiger partial charge on any atom is -0.355 e. The molecule has 0 saturated carbocycles. The SMILES string of the molecule is Cn1ccnc1SCCNC(=O)[C@H]1CCC(=O)N(CCc2ccccc2)C1. The molecule has 1 saturated heterocycles. The Morgan fingerprint density at radius 3 is 2.89 bits per heavy atom. The van der Waals surface area contributed by atoms with Crippen LogP contribution in [0.1, 0.15) is 18.4 Å². The number of carbonyl (C=O) groups is 2. The molecule has 0 radical (unpaired) electrons. The molecule has 2 amide bonds. The average Bonchev–Trinajstić information content (AvgIpc) is 3.10. The molecule has 0 unspecified atom stereocenters. The molecule has 2 heterocycles. The maximum Gasteiger partial charge on any atom is 0.224 e. The van der Waals surface area contributed by atoms with Gasteiger partial charge in [-0.1, -0.05) is 42.1 Å². The number of thioether (sulfide) groups is 1. The molecule has 0 spiro atoms. The van der Waals surface area contributed by atoms with Crippen LogP contribution in [0.5, 0.6) is 0 Å². The molecule has 1 aromatic carbocycles. The van der Waals surface area contributed by atoms with E-state index in [1.165, 1.54) is 5.56 Å². The summed E-state index contributed by atoms with van der Waals surface area (Å²) >= 11 is 1.62. The molecule has 144 valence electrons. The molecule has 27 heavy (non-hydrogen) atoms. The highest BCUT2D eigenvalue weighted by Crippen LogP contribution is 2.19. The fourth-order valence-corrected chi connectivity index (χ4v) is 3.99. The third-order valence-corrected chi connectivity index (χ3v) is 5.85. The van der Waals surface area contributed by atoms with Gasteiger partial charge in [0.25, 0.3) is 0 Å². The van der Waals surface area contributed by atoms with Gasteiger partial charge < -0.3 is 14.8 Å². The number of carbonyl (C=O) groups excluding carboxylic acids is 2. The van der Waals surface area contributed by atoms with Gasteiger partial charge in [-0.05, 0) is 18.4 Å². The van der Waals surface area contributed by atoms with Gasteiger partial charge in [-0.2, -0.15) is 0 Å². The first-order chi connectivity index (χ1) is 13.1. The van der Waals surface area contributed by atoms with Gasteiger partial charge in [0.05, 0.1) is 5.92 Å². The zero-order chi connectivity index (χ0) is 19.1. The van der Waals surface area contributed by atoms with E-state index in [-0.39, 0.29) is 17.7 Å². The van der Waals surface area contributed by atoms with Crippen LogP contribution in [0.4, 0.5) is 0 Å². The van der Waals surface area contributed by atoms with Gasteiger partial charge in [0, 0.05) is 51.2 Å². The molecular formula is C20H26N4O2S. The molecule has 6 nitrogen and oxygen atoms in total. The number of piperidine rings is 1. The fraction of sp³-hybridized carbons (Fsp3) is 0.450. The molecule has 1 N–H and O–H groups in total. The van der Waals surface area contributed by atoms with Crippen LogP contribution in [0.3, 0.4) is 0 Å². The van der Waals surface area contributed by atoms with E-state index in [0.29, 0.717) is 32.5 Å². The van der Waals surface area contributed by atoms with Crippen LogP contribution in [0.2, 0.25) is 0 Å². The molecular weight excluding hydrogens is 360 g/mol. The van der Waals surface area contributed by atoms with Crippen molar-refractivity contribution in [3.63, 3.8) is 0 Å². The van der Waals surface area contributed by atoms with Crippen LogP contribution in [-0.4, -0.2) is 51.7 Å².